The minimum Gasteiger partial charge on any atom is -0.384 e. The highest BCUT2D eigenvalue weighted by atomic mass is 16.2. The first-order chi connectivity index (χ1) is 8.71. The summed E-state index contributed by atoms with van der Waals surface area (Å²) in [6, 6.07) is 4.99. The van der Waals surface area contributed by atoms with Crippen molar-refractivity contribution in [3.63, 3.8) is 0 Å². The molecular formula is C13H17N3O2. The normalized spacial score (nSPS) is 9.28. The van der Waals surface area contributed by atoms with E-state index >= 15 is 0 Å². The van der Waals surface area contributed by atoms with E-state index in [0.717, 1.165) is 0 Å². The van der Waals surface area contributed by atoms with Crippen molar-refractivity contribution < 1.29 is 9.90 Å². The van der Waals surface area contributed by atoms with Crippen molar-refractivity contribution in [2.24, 2.45) is 0 Å². The molecule has 0 atom stereocenters. The monoisotopic (exact) mass is 247 g/mol. The van der Waals surface area contributed by atoms with Crippen LogP contribution in [0, 0.1) is 11.8 Å². The molecule has 0 unspecified atom stereocenters. The van der Waals surface area contributed by atoms with Crippen molar-refractivity contribution in [2.75, 3.05) is 25.0 Å². The molecule has 5 nitrogen and oxygen atoms in total. The Balaban J connectivity index is 2.76. The van der Waals surface area contributed by atoms with Crippen LogP contribution in [-0.2, 0) is 0 Å². The first-order valence-corrected chi connectivity index (χ1v) is 5.84. The van der Waals surface area contributed by atoms with Gasteiger partial charge in [-0.3, -0.25) is 5.32 Å². The number of urea groups is 1. The van der Waals surface area contributed by atoms with Crippen LogP contribution in [0.2, 0.25) is 0 Å². The molecule has 0 aliphatic carbocycles. The summed E-state index contributed by atoms with van der Waals surface area (Å²) in [5.41, 5.74) is 0.515. The second kappa shape index (κ2) is 7.30. The molecular weight excluding hydrogens is 230 g/mol. The van der Waals surface area contributed by atoms with E-state index in [1.807, 2.05) is 13.8 Å². The van der Waals surface area contributed by atoms with Gasteiger partial charge < -0.3 is 10.0 Å². The van der Waals surface area contributed by atoms with Crippen LogP contribution in [0.5, 0.6) is 0 Å². The fourth-order valence-corrected chi connectivity index (χ4v) is 1.40. The number of hydrogen-bond acceptors (Lipinski definition) is 3. The molecule has 1 heterocycles. The largest absolute Gasteiger partial charge is 0.384 e. The number of nitrogens with zero attached hydrogens (tertiary/aromatic N) is 2. The smallest absolute Gasteiger partial charge is 0.322 e. The second-order valence-corrected chi connectivity index (χ2v) is 3.47. The van der Waals surface area contributed by atoms with Crippen molar-refractivity contribution in [3.05, 3.63) is 23.9 Å². The molecule has 0 aliphatic heterocycles. The summed E-state index contributed by atoms with van der Waals surface area (Å²) in [5.74, 6) is 5.65. The number of anilines is 1. The lowest BCUT2D eigenvalue weighted by Crippen LogP contribution is -2.34. The molecule has 0 bridgehead atoms. The van der Waals surface area contributed by atoms with Crippen LogP contribution in [0.1, 0.15) is 19.5 Å². The molecule has 0 spiro atoms. The molecule has 5 heteroatoms. The summed E-state index contributed by atoms with van der Waals surface area (Å²) in [6.45, 7) is 4.91. The molecule has 2 N–H and O–H groups in total. The van der Waals surface area contributed by atoms with Gasteiger partial charge in [-0.2, -0.15) is 0 Å². The van der Waals surface area contributed by atoms with Crippen molar-refractivity contribution >= 4 is 11.8 Å². The number of rotatable bonds is 3. The molecule has 1 aromatic heterocycles. The van der Waals surface area contributed by atoms with Crippen molar-refractivity contribution in [1.82, 2.24) is 9.88 Å². The van der Waals surface area contributed by atoms with E-state index < -0.39 is 0 Å². The number of aromatic nitrogens is 1. The Morgan fingerprint density at radius 1 is 1.44 bits per heavy atom. The topological polar surface area (TPSA) is 65.5 Å². The molecule has 0 saturated heterocycles. The lowest BCUT2D eigenvalue weighted by molar-refractivity contribution is 0.217. The molecule has 0 saturated carbocycles. The highest BCUT2D eigenvalue weighted by Gasteiger charge is 2.09. The summed E-state index contributed by atoms with van der Waals surface area (Å²) in [6.07, 6.45) is 0. The van der Waals surface area contributed by atoms with Gasteiger partial charge in [0.1, 0.15) is 18.1 Å². The molecule has 2 amide bonds. The predicted molar refractivity (Wildman–Crippen MR) is 70.1 cm³/mol. The molecule has 0 aliphatic rings. The molecule has 0 fully saturated rings. The molecule has 0 aromatic carbocycles. The zero-order chi connectivity index (χ0) is 13.4. The quantitative estimate of drug-likeness (QED) is 0.791. The third kappa shape index (κ3) is 4.07. The first kappa shape index (κ1) is 14.0. The van der Waals surface area contributed by atoms with Crippen LogP contribution in [0.25, 0.3) is 0 Å². The number of aliphatic hydroxyl groups is 1. The van der Waals surface area contributed by atoms with Gasteiger partial charge in [0.15, 0.2) is 0 Å². The van der Waals surface area contributed by atoms with E-state index in [1.54, 1.807) is 23.1 Å². The minimum absolute atomic E-state index is 0.181. The molecule has 0 radical (unpaired) electrons. The highest BCUT2D eigenvalue weighted by molar-refractivity contribution is 5.88. The molecule has 18 heavy (non-hydrogen) atoms. The minimum atomic E-state index is -0.211. The average Bonchev–Trinajstić information content (AvgIpc) is 2.38. The van der Waals surface area contributed by atoms with E-state index in [-0.39, 0.29) is 12.6 Å². The van der Waals surface area contributed by atoms with Gasteiger partial charge in [-0.15, -0.1) is 0 Å². The maximum absolute atomic E-state index is 11.8. The van der Waals surface area contributed by atoms with Crippen LogP contribution < -0.4 is 5.32 Å². The van der Waals surface area contributed by atoms with Gasteiger partial charge in [0.2, 0.25) is 0 Å². The van der Waals surface area contributed by atoms with Crippen molar-refractivity contribution in [2.45, 2.75) is 13.8 Å². The second-order valence-electron chi connectivity index (χ2n) is 3.47. The number of pyridine rings is 1. The number of amides is 2. The fraction of sp³-hybridized carbons (Fsp3) is 0.385. The van der Waals surface area contributed by atoms with Gasteiger partial charge in [-0.1, -0.05) is 12.0 Å². The maximum atomic E-state index is 11.8. The Bertz CT molecular complexity index is 459. The lowest BCUT2D eigenvalue weighted by Gasteiger charge is -2.18. The summed E-state index contributed by atoms with van der Waals surface area (Å²) in [7, 11) is 0. The number of hydrogen-bond donors (Lipinski definition) is 2. The van der Waals surface area contributed by atoms with Gasteiger partial charge >= 0.3 is 6.03 Å². The fourth-order valence-electron chi connectivity index (χ4n) is 1.40. The number of carbonyl (C=O) groups excluding carboxylic acids is 1. The maximum Gasteiger partial charge on any atom is 0.322 e. The van der Waals surface area contributed by atoms with Gasteiger partial charge in [0, 0.05) is 13.1 Å². The zero-order valence-corrected chi connectivity index (χ0v) is 10.6. The third-order valence-corrected chi connectivity index (χ3v) is 2.33. The van der Waals surface area contributed by atoms with Gasteiger partial charge in [-0.25, -0.2) is 9.78 Å². The Morgan fingerprint density at radius 2 is 2.17 bits per heavy atom. The van der Waals surface area contributed by atoms with Gasteiger partial charge in [-0.05, 0) is 31.9 Å². The van der Waals surface area contributed by atoms with E-state index in [9.17, 15) is 4.79 Å². The number of nitrogens with one attached hydrogen (secondary N) is 1. The Kier molecular flexibility index (Phi) is 5.68. The zero-order valence-electron chi connectivity index (χ0n) is 10.6. The summed E-state index contributed by atoms with van der Waals surface area (Å²) < 4.78 is 0. The summed E-state index contributed by atoms with van der Waals surface area (Å²) in [5, 5.41) is 11.3. The lowest BCUT2D eigenvalue weighted by atomic mass is 10.3. The third-order valence-electron chi connectivity index (χ3n) is 2.33. The van der Waals surface area contributed by atoms with Gasteiger partial charge in [0.05, 0.1) is 0 Å². The summed E-state index contributed by atoms with van der Waals surface area (Å²) in [4.78, 5) is 17.6. The van der Waals surface area contributed by atoms with Crippen LogP contribution in [0.15, 0.2) is 18.2 Å². The van der Waals surface area contributed by atoms with E-state index in [4.69, 9.17) is 5.11 Å². The first-order valence-electron chi connectivity index (χ1n) is 5.84. The van der Waals surface area contributed by atoms with Crippen LogP contribution in [0.4, 0.5) is 10.6 Å². The molecule has 96 valence electrons. The molecule has 1 aromatic rings. The average molecular weight is 247 g/mol. The van der Waals surface area contributed by atoms with Crippen molar-refractivity contribution in [3.8, 4) is 11.8 Å². The van der Waals surface area contributed by atoms with Gasteiger partial charge in [0.25, 0.3) is 0 Å². The van der Waals surface area contributed by atoms with Crippen LogP contribution in [0.3, 0.4) is 0 Å². The standard InChI is InChI=1S/C13H17N3O2/c1-3-16(4-2)13(18)15-12-9-5-7-11(14-12)8-6-10-17/h5,7,9,17H,3-4,10H2,1-2H3,(H,14,15,18). The summed E-state index contributed by atoms with van der Waals surface area (Å²) >= 11 is 0. The Morgan fingerprint density at radius 3 is 2.78 bits per heavy atom. The van der Waals surface area contributed by atoms with E-state index in [2.05, 4.69) is 22.1 Å². The predicted octanol–water partition coefficient (Wildman–Crippen LogP) is 1.30. The van der Waals surface area contributed by atoms with E-state index in [1.165, 1.54) is 0 Å². The Labute approximate surface area is 107 Å². The van der Waals surface area contributed by atoms with E-state index in [0.29, 0.717) is 24.6 Å². The Hall–Kier alpha value is -2.06. The highest BCUT2D eigenvalue weighted by Crippen LogP contribution is 2.05. The van der Waals surface area contributed by atoms with Crippen LogP contribution in [-0.4, -0.2) is 40.7 Å². The number of aliphatic hydroxyl groups excluding tert-OH is 1. The number of carbonyl (C=O) groups is 1. The SMILES string of the molecule is CCN(CC)C(=O)Nc1cccc(C#CCO)n1. The molecule has 1 rings (SSSR count). The van der Waals surface area contributed by atoms with Crippen LogP contribution >= 0.6 is 0 Å². The van der Waals surface area contributed by atoms with Crippen molar-refractivity contribution in [1.29, 1.82) is 0 Å².